The summed E-state index contributed by atoms with van der Waals surface area (Å²) in [6.07, 6.45) is 3.26. The van der Waals surface area contributed by atoms with Crippen LogP contribution < -0.4 is 10.1 Å². The van der Waals surface area contributed by atoms with Crippen LogP contribution in [0, 0.1) is 0 Å². The topological polar surface area (TPSA) is 38.3 Å². The lowest BCUT2D eigenvalue weighted by molar-refractivity contribution is -0.111. The number of carbonyl (C=O) groups is 1. The molecule has 3 nitrogen and oxygen atoms in total. The molecule has 0 radical (unpaired) electrons. The second-order valence-corrected chi connectivity index (χ2v) is 4.99. The standard InChI is InChI=1S/C16H14BrNO2/c1-20-15-11-13(17)8-9-14(15)18-16(19)10-7-12-5-3-2-4-6-12/h2-11H,1H3,(H,18,19)/b10-7+. The van der Waals surface area contributed by atoms with E-state index in [0.717, 1.165) is 10.0 Å². The number of anilines is 1. The predicted octanol–water partition coefficient (Wildman–Crippen LogP) is 4.11. The molecular formula is C16H14BrNO2. The molecule has 0 aliphatic heterocycles. The van der Waals surface area contributed by atoms with Crippen molar-refractivity contribution in [1.29, 1.82) is 0 Å². The molecule has 0 saturated carbocycles. The fourth-order valence-electron chi connectivity index (χ4n) is 1.68. The lowest BCUT2D eigenvalue weighted by Crippen LogP contribution is -2.08. The highest BCUT2D eigenvalue weighted by atomic mass is 79.9. The van der Waals surface area contributed by atoms with Crippen LogP contribution in [0.5, 0.6) is 5.75 Å². The van der Waals surface area contributed by atoms with Crippen molar-refractivity contribution in [1.82, 2.24) is 0 Å². The van der Waals surface area contributed by atoms with Gasteiger partial charge in [0.15, 0.2) is 0 Å². The Balaban J connectivity index is 2.07. The van der Waals surface area contributed by atoms with E-state index < -0.39 is 0 Å². The number of halogens is 1. The predicted molar refractivity (Wildman–Crippen MR) is 84.8 cm³/mol. The Hall–Kier alpha value is -2.07. The Bertz CT molecular complexity index is 624. The van der Waals surface area contributed by atoms with E-state index in [-0.39, 0.29) is 5.91 Å². The molecule has 1 amide bonds. The number of rotatable bonds is 4. The molecule has 0 aliphatic carbocycles. The second kappa shape index (κ2) is 6.91. The van der Waals surface area contributed by atoms with Gasteiger partial charge in [-0.2, -0.15) is 0 Å². The molecule has 2 aromatic carbocycles. The summed E-state index contributed by atoms with van der Waals surface area (Å²) < 4.78 is 6.12. The highest BCUT2D eigenvalue weighted by Gasteiger charge is 2.05. The number of benzene rings is 2. The maximum atomic E-state index is 11.9. The molecule has 4 heteroatoms. The molecule has 20 heavy (non-hydrogen) atoms. The zero-order chi connectivity index (χ0) is 14.4. The molecule has 2 aromatic rings. The minimum atomic E-state index is -0.200. The molecule has 1 N–H and O–H groups in total. The lowest BCUT2D eigenvalue weighted by Gasteiger charge is -2.08. The van der Waals surface area contributed by atoms with Gasteiger partial charge in [0.25, 0.3) is 0 Å². The smallest absolute Gasteiger partial charge is 0.248 e. The van der Waals surface area contributed by atoms with Gasteiger partial charge in [-0.05, 0) is 29.8 Å². The normalized spacial score (nSPS) is 10.5. The van der Waals surface area contributed by atoms with Crippen LogP contribution in [0.25, 0.3) is 6.08 Å². The lowest BCUT2D eigenvalue weighted by atomic mass is 10.2. The molecule has 0 unspecified atom stereocenters. The molecule has 0 bridgehead atoms. The number of methoxy groups -OCH3 is 1. The van der Waals surface area contributed by atoms with Gasteiger partial charge in [-0.3, -0.25) is 4.79 Å². The van der Waals surface area contributed by atoms with Crippen LogP contribution in [0.2, 0.25) is 0 Å². The summed E-state index contributed by atoms with van der Waals surface area (Å²) in [5.41, 5.74) is 1.61. The zero-order valence-corrected chi connectivity index (χ0v) is 12.6. The van der Waals surface area contributed by atoms with Gasteiger partial charge in [-0.1, -0.05) is 46.3 Å². The molecule has 0 fully saturated rings. The summed E-state index contributed by atoms with van der Waals surface area (Å²) >= 11 is 3.36. The van der Waals surface area contributed by atoms with E-state index in [1.54, 1.807) is 25.3 Å². The minimum absolute atomic E-state index is 0.200. The number of ether oxygens (including phenoxy) is 1. The molecule has 0 atom stereocenters. The fourth-order valence-corrected chi connectivity index (χ4v) is 2.02. The molecule has 0 aromatic heterocycles. The minimum Gasteiger partial charge on any atom is -0.495 e. The van der Waals surface area contributed by atoms with Crippen LogP contribution >= 0.6 is 15.9 Å². The Morgan fingerprint density at radius 3 is 2.65 bits per heavy atom. The van der Waals surface area contributed by atoms with Crippen molar-refractivity contribution in [2.45, 2.75) is 0 Å². The van der Waals surface area contributed by atoms with Crippen LogP contribution in [-0.4, -0.2) is 13.0 Å². The maximum Gasteiger partial charge on any atom is 0.248 e. The van der Waals surface area contributed by atoms with Gasteiger partial charge in [0, 0.05) is 10.5 Å². The summed E-state index contributed by atoms with van der Waals surface area (Å²) in [7, 11) is 1.57. The largest absolute Gasteiger partial charge is 0.495 e. The van der Waals surface area contributed by atoms with Gasteiger partial charge in [0.1, 0.15) is 5.75 Å². The maximum absolute atomic E-state index is 11.9. The first-order valence-electron chi connectivity index (χ1n) is 6.06. The van der Waals surface area contributed by atoms with E-state index >= 15 is 0 Å². The van der Waals surface area contributed by atoms with Crippen molar-refractivity contribution >= 4 is 33.6 Å². The summed E-state index contributed by atoms with van der Waals surface area (Å²) in [4.78, 5) is 11.9. The molecule has 0 heterocycles. The number of amides is 1. The highest BCUT2D eigenvalue weighted by molar-refractivity contribution is 9.10. The second-order valence-electron chi connectivity index (χ2n) is 4.08. The average Bonchev–Trinajstić information content (AvgIpc) is 2.48. The summed E-state index contributed by atoms with van der Waals surface area (Å²) in [6.45, 7) is 0. The van der Waals surface area contributed by atoms with Gasteiger partial charge in [0.05, 0.1) is 12.8 Å². The molecule has 0 saturated heterocycles. The third-order valence-corrected chi connectivity index (χ3v) is 3.14. The zero-order valence-electron chi connectivity index (χ0n) is 11.0. The monoisotopic (exact) mass is 331 g/mol. The summed E-state index contributed by atoms with van der Waals surface area (Å²) in [5.74, 6) is 0.412. The van der Waals surface area contributed by atoms with Crippen molar-refractivity contribution < 1.29 is 9.53 Å². The quantitative estimate of drug-likeness (QED) is 0.856. The molecule has 2 rings (SSSR count). The Morgan fingerprint density at radius 1 is 1.20 bits per heavy atom. The van der Waals surface area contributed by atoms with Crippen LogP contribution in [0.4, 0.5) is 5.69 Å². The molecular weight excluding hydrogens is 318 g/mol. The van der Waals surface area contributed by atoms with Crippen LogP contribution in [0.15, 0.2) is 59.1 Å². The van der Waals surface area contributed by atoms with E-state index in [0.29, 0.717) is 11.4 Å². The van der Waals surface area contributed by atoms with Gasteiger partial charge in [-0.25, -0.2) is 0 Å². The first-order chi connectivity index (χ1) is 9.69. The molecule has 0 spiro atoms. The van der Waals surface area contributed by atoms with Crippen molar-refractivity contribution in [2.24, 2.45) is 0 Å². The van der Waals surface area contributed by atoms with Crippen LogP contribution in [0.3, 0.4) is 0 Å². The van der Waals surface area contributed by atoms with Gasteiger partial charge in [-0.15, -0.1) is 0 Å². The Kier molecular flexibility index (Phi) is 4.96. The molecule has 0 aliphatic rings. The molecule has 102 valence electrons. The highest BCUT2D eigenvalue weighted by Crippen LogP contribution is 2.27. The first kappa shape index (κ1) is 14.3. The van der Waals surface area contributed by atoms with E-state index in [2.05, 4.69) is 21.2 Å². The summed E-state index contributed by atoms with van der Waals surface area (Å²) in [6, 6.07) is 15.1. The van der Waals surface area contributed by atoms with Crippen LogP contribution in [0.1, 0.15) is 5.56 Å². The van der Waals surface area contributed by atoms with E-state index in [4.69, 9.17) is 4.74 Å². The summed E-state index contributed by atoms with van der Waals surface area (Å²) in [5, 5.41) is 2.79. The third kappa shape index (κ3) is 3.96. The van der Waals surface area contributed by atoms with Crippen molar-refractivity contribution in [3.05, 3.63) is 64.6 Å². The van der Waals surface area contributed by atoms with E-state index in [1.807, 2.05) is 36.4 Å². The Morgan fingerprint density at radius 2 is 1.95 bits per heavy atom. The number of nitrogens with one attached hydrogen (secondary N) is 1. The van der Waals surface area contributed by atoms with Crippen molar-refractivity contribution in [3.8, 4) is 5.75 Å². The first-order valence-corrected chi connectivity index (χ1v) is 6.86. The van der Waals surface area contributed by atoms with Crippen molar-refractivity contribution in [2.75, 3.05) is 12.4 Å². The number of hydrogen-bond acceptors (Lipinski definition) is 2. The fraction of sp³-hybridized carbons (Fsp3) is 0.0625. The van der Waals surface area contributed by atoms with E-state index in [9.17, 15) is 4.79 Å². The average molecular weight is 332 g/mol. The van der Waals surface area contributed by atoms with Gasteiger partial charge in [0.2, 0.25) is 5.91 Å². The Labute approximate surface area is 126 Å². The van der Waals surface area contributed by atoms with Gasteiger partial charge < -0.3 is 10.1 Å². The van der Waals surface area contributed by atoms with E-state index in [1.165, 1.54) is 6.08 Å². The van der Waals surface area contributed by atoms with Crippen LogP contribution in [-0.2, 0) is 4.79 Å². The SMILES string of the molecule is COc1cc(Br)ccc1NC(=O)/C=C/c1ccccc1. The number of carbonyl (C=O) groups excluding carboxylic acids is 1. The third-order valence-electron chi connectivity index (χ3n) is 2.65. The number of hydrogen-bond donors (Lipinski definition) is 1. The van der Waals surface area contributed by atoms with Gasteiger partial charge >= 0.3 is 0 Å². The van der Waals surface area contributed by atoms with Crippen molar-refractivity contribution in [3.63, 3.8) is 0 Å².